The third kappa shape index (κ3) is 5.83. The fourth-order valence-corrected chi connectivity index (χ4v) is 3.64. The van der Waals surface area contributed by atoms with Gasteiger partial charge in [0.15, 0.2) is 0 Å². The van der Waals surface area contributed by atoms with Crippen molar-refractivity contribution in [2.45, 2.75) is 32.7 Å². The molecule has 0 aliphatic heterocycles. The number of carboxylic acid groups (broad SMARTS) is 1. The van der Waals surface area contributed by atoms with E-state index in [1.165, 1.54) is 4.90 Å². The first-order chi connectivity index (χ1) is 15.6. The number of nitrogens with zero attached hydrogens (tertiary/aromatic N) is 1. The second-order valence-corrected chi connectivity index (χ2v) is 8.82. The largest absolute Gasteiger partial charge is 0.496 e. The van der Waals surface area contributed by atoms with Gasteiger partial charge < -0.3 is 20.5 Å². The lowest BCUT2D eigenvalue weighted by atomic mass is 10.0. The first-order valence-electron chi connectivity index (χ1n) is 10.7. The smallest absolute Gasteiger partial charge is 0.407 e. The summed E-state index contributed by atoms with van der Waals surface area (Å²) in [5.41, 5.74) is 8.40. The number of methoxy groups -OCH3 is 1. The second-order valence-electron chi connectivity index (χ2n) is 8.82. The van der Waals surface area contributed by atoms with Gasteiger partial charge >= 0.3 is 6.09 Å². The molecule has 0 radical (unpaired) electrons. The zero-order valence-corrected chi connectivity index (χ0v) is 19.4. The summed E-state index contributed by atoms with van der Waals surface area (Å²) in [6, 6.07) is 17.3. The highest BCUT2D eigenvalue weighted by Crippen LogP contribution is 2.23. The minimum absolute atomic E-state index is 0.0463. The predicted molar refractivity (Wildman–Crippen MR) is 132 cm³/mol. The Balaban J connectivity index is 1.84. The van der Waals surface area contributed by atoms with Crippen LogP contribution in [0.1, 0.15) is 43.0 Å². The molecule has 0 saturated carbocycles. The molecule has 0 spiro atoms. The summed E-state index contributed by atoms with van der Waals surface area (Å²) in [6.07, 6.45) is -0.416. The van der Waals surface area contributed by atoms with Crippen molar-refractivity contribution in [3.63, 3.8) is 0 Å². The molecule has 0 unspecified atom stereocenters. The van der Waals surface area contributed by atoms with E-state index in [2.05, 4.69) is 11.8 Å². The highest BCUT2D eigenvalue weighted by molar-refractivity contribution is 5.99. The Morgan fingerprint density at radius 3 is 2.24 bits per heavy atom. The highest BCUT2D eigenvalue weighted by atomic mass is 16.5. The lowest BCUT2D eigenvalue weighted by Gasteiger charge is -2.33. The number of amidine groups is 1. The Morgan fingerprint density at radius 1 is 1.03 bits per heavy atom. The first-order valence-corrected chi connectivity index (χ1v) is 10.7. The molecule has 0 atom stereocenters. The van der Waals surface area contributed by atoms with E-state index in [9.17, 15) is 9.90 Å². The summed E-state index contributed by atoms with van der Waals surface area (Å²) in [5.74, 6) is 7.16. The van der Waals surface area contributed by atoms with E-state index in [0.29, 0.717) is 24.3 Å². The van der Waals surface area contributed by atoms with Crippen molar-refractivity contribution in [2.75, 3.05) is 13.7 Å². The molecule has 170 valence electrons. The minimum Gasteiger partial charge on any atom is -0.496 e. The van der Waals surface area contributed by atoms with Gasteiger partial charge in [-0.05, 0) is 79.9 Å². The average Bonchev–Trinajstić information content (AvgIpc) is 2.76. The van der Waals surface area contributed by atoms with Gasteiger partial charge in [0.2, 0.25) is 0 Å². The molecular formula is C27H29N3O3. The van der Waals surface area contributed by atoms with Crippen LogP contribution in [-0.4, -0.2) is 41.1 Å². The highest BCUT2D eigenvalue weighted by Gasteiger charge is 2.25. The van der Waals surface area contributed by atoms with E-state index in [1.54, 1.807) is 7.11 Å². The number of carbonyl (C=O) groups is 1. The molecule has 3 rings (SSSR count). The minimum atomic E-state index is -0.941. The molecule has 0 aliphatic rings. The van der Waals surface area contributed by atoms with Gasteiger partial charge in [-0.15, -0.1) is 0 Å². The molecule has 33 heavy (non-hydrogen) atoms. The van der Waals surface area contributed by atoms with Crippen molar-refractivity contribution in [3.05, 3.63) is 76.9 Å². The molecule has 3 aromatic carbocycles. The summed E-state index contributed by atoms with van der Waals surface area (Å²) >= 11 is 0. The predicted octanol–water partition coefficient (Wildman–Crippen LogP) is 4.85. The summed E-state index contributed by atoms with van der Waals surface area (Å²) in [5, 5.41) is 19.2. The van der Waals surface area contributed by atoms with Gasteiger partial charge in [-0.2, -0.15) is 0 Å². The number of nitrogens with two attached hydrogens (primary N) is 1. The third-order valence-corrected chi connectivity index (χ3v) is 5.43. The molecule has 1 amide bonds. The third-order valence-electron chi connectivity index (χ3n) is 5.43. The standard InChI is InChI=1S/C27H29N3O3/c1-27(2,3)30(26(31)32)14-13-22-16-19(8-12-24(22)33-4)6-5-18-7-9-21-17-23(25(28)29)11-10-20(21)15-18/h7-12,15-17H,13-14H2,1-4H3,(H3,28,29)(H,31,32). The van der Waals surface area contributed by atoms with Crippen LogP contribution in [0.5, 0.6) is 5.75 Å². The Bertz CT molecular complexity index is 1260. The van der Waals surface area contributed by atoms with Gasteiger partial charge in [0.05, 0.1) is 7.11 Å². The molecule has 3 aromatic rings. The topological polar surface area (TPSA) is 99.6 Å². The zero-order valence-electron chi connectivity index (χ0n) is 19.4. The van der Waals surface area contributed by atoms with Gasteiger partial charge in [-0.3, -0.25) is 5.41 Å². The number of hydrogen-bond acceptors (Lipinski definition) is 3. The van der Waals surface area contributed by atoms with E-state index >= 15 is 0 Å². The van der Waals surface area contributed by atoms with Crippen LogP contribution in [0.2, 0.25) is 0 Å². The first kappa shape index (κ1) is 23.7. The molecule has 0 aromatic heterocycles. The van der Waals surface area contributed by atoms with Gasteiger partial charge in [0.1, 0.15) is 11.6 Å². The van der Waals surface area contributed by atoms with E-state index < -0.39 is 11.6 Å². The molecule has 4 N–H and O–H groups in total. The van der Waals surface area contributed by atoms with Crippen LogP contribution in [-0.2, 0) is 6.42 Å². The Hall–Kier alpha value is -3.98. The molecule has 0 heterocycles. The van der Waals surface area contributed by atoms with Crippen molar-refractivity contribution in [1.82, 2.24) is 4.90 Å². The Kier molecular flexibility index (Phi) is 6.93. The van der Waals surface area contributed by atoms with Crippen molar-refractivity contribution in [1.29, 1.82) is 5.41 Å². The van der Waals surface area contributed by atoms with E-state index in [1.807, 2.05) is 75.4 Å². The number of hydrogen-bond donors (Lipinski definition) is 3. The van der Waals surface area contributed by atoms with E-state index in [-0.39, 0.29) is 5.84 Å². The maximum Gasteiger partial charge on any atom is 0.407 e. The number of benzene rings is 3. The van der Waals surface area contributed by atoms with Crippen molar-refractivity contribution < 1.29 is 14.6 Å². The van der Waals surface area contributed by atoms with Crippen molar-refractivity contribution in [2.24, 2.45) is 5.73 Å². The van der Waals surface area contributed by atoms with Crippen LogP contribution in [0.4, 0.5) is 4.79 Å². The summed E-state index contributed by atoms with van der Waals surface area (Å²) in [4.78, 5) is 13.1. The second kappa shape index (κ2) is 9.66. The maximum atomic E-state index is 11.6. The van der Waals surface area contributed by atoms with Gasteiger partial charge in [-0.1, -0.05) is 30.0 Å². The molecular weight excluding hydrogens is 414 g/mol. The monoisotopic (exact) mass is 443 g/mol. The molecule has 6 heteroatoms. The van der Waals surface area contributed by atoms with Crippen LogP contribution in [0.25, 0.3) is 10.8 Å². The molecule has 6 nitrogen and oxygen atoms in total. The molecule has 0 bridgehead atoms. The maximum absolute atomic E-state index is 11.6. The number of fused-ring (bicyclic) bond motifs is 1. The molecule has 0 aliphatic carbocycles. The number of rotatable bonds is 5. The Labute approximate surface area is 194 Å². The van der Waals surface area contributed by atoms with Crippen LogP contribution < -0.4 is 10.5 Å². The summed E-state index contributed by atoms with van der Waals surface area (Å²) in [6.45, 7) is 6.00. The van der Waals surface area contributed by atoms with Gasteiger partial charge in [0.25, 0.3) is 0 Å². The van der Waals surface area contributed by atoms with Gasteiger partial charge in [-0.25, -0.2) is 4.79 Å². The number of nitrogens with one attached hydrogen (secondary N) is 1. The fourth-order valence-electron chi connectivity index (χ4n) is 3.64. The lowest BCUT2D eigenvalue weighted by Crippen LogP contribution is -2.45. The van der Waals surface area contributed by atoms with Crippen LogP contribution in [0.3, 0.4) is 0 Å². The zero-order chi connectivity index (χ0) is 24.2. The number of ether oxygens (including phenoxy) is 1. The fraction of sp³-hybridized carbons (Fsp3) is 0.259. The average molecular weight is 444 g/mol. The van der Waals surface area contributed by atoms with Crippen molar-refractivity contribution >= 4 is 22.7 Å². The Morgan fingerprint density at radius 2 is 1.64 bits per heavy atom. The van der Waals surface area contributed by atoms with E-state index in [4.69, 9.17) is 15.9 Å². The van der Waals surface area contributed by atoms with Gasteiger partial charge in [0, 0.05) is 28.8 Å². The normalized spacial score (nSPS) is 10.9. The summed E-state index contributed by atoms with van der Waals surface area (Å²) < 4.78 is 5.48. The van der Waals surface area contributed by atoms with Crippen molar-refractivity contribution in [3.8, 4) is 17.6 Å². The van der Waals surface area contributed by atoms with Crippen LogP contribution >= 0.6 is 0 Å². The van der Waals surface area contributed by atoms with Crippen LogP contribution in [0.15, 0.2) is 54.6 Å². The SMILES string of the molecule is COc1ccc(C#Cc2ccc3cc(C(=N)N)ccc3c2)cc1CCN(C(=O)O)C(C)(C)C. The van der Waals surface area contributed by atoms with Crippen LogP contribution in [0, 0.1) is 17.3 Å². The summed E-state index contributed by atoms with van der Waals surface area (Å²) in [7, 11) is 1.61. The number of amides is 1. The number of nitrogen functional groups attached to an aromatic ring is 1. The quantitative estimate of drug-likeness (QED) is 0.298. The molecule has 0 fully saturated rings. The molecule has 0 saturated heterocycles. The van der Waals surface area contributed by atoms with E-state index in [0.717, 1.165) is 27.5 Å². The lowest BCUT2D eigenvalue weighted by molar-refractivity contribution is 0.101.